The maximum Gasteiger partial charge on any atom is 0.142 e. The average molecular weight is 287 g/mol. The van der Waals surface area contributed by atoms with Crippen LogP contribution in [-0.2, 0) is 13.2 Å². The summed E-state index contributed by atoms with van der Waals surface area (Å²) >= 11 is 0. The zero-order valence-electron chi connectivity index (χ0n) is 12.4. The predicted octanol–water partition coefficient (Wildman–Crippen LogP) is 3.20. The van der Waals surface area contributed by atoms with Gasteiger partial charge in [0.25, 0.3) is 0 Å². The van der Waals surface area contributed by atoms with E-state index < -0.39 is 0 Å². The maximum atomic E-state index is 9.04. The number of hydrogen-bond acceptors (Lipinski definition) is 4. The molecule has 0 aliphatic rings. The van der Waals surface area contributed by atoms with Gasteiger partial charge in [-0.2, -0.15) is 0 Å². The Morgan fingerprint density at radius 3 is 2.38 bits per heavy atom. The Bertz CT molecular complexity index is 567. The molecule has 0 saturated heterocycles. The fraction of sp³-hybridized carbons (Fsp3) is 0.294. The molecule has 0 radical (unpaired) electrons. The van der Waals surface area contributed by atoms with E-state index >= 15 is 0 Å². The molecule has 2 aromatic rings. The van der Waals surface area contributed by atoms with E-state index in [1.807, 2.05) is 49.4 Å². The van der Waals surface area contributed by atoms with Gasteiger partial charge < -0.3 is 19.9 Å². The van der Waals surface area contributed by atoms with Crippen LogP contribution in [0.4, 0.5) is 5.69 Å². The van der Waals surface area contributed by atoms with Crippen molar-refractivity contribution >= 4 is 5.69 Å². The lowest BCUT2D eigenvalue weighted by Crippen LogP contribution is -2.03. The molecule has 0 spiro atoms. The van der Waals surface area contributed by atoms with Crippen LogP contribution in [0.15, 0.2) is 42.5 Å². The van der Waals surface area contributed by atoms with Crippen molar-refractivity contribution in [3.63, 3.8) is 0 Å². The quantitative estimate of drug-likeness (QED) is 0.821. The van der Waals surface area contributed by atoms with Crippen LogP contribution in [0.2, 0.25) is 0 Å². The van der Waals surface area contributed by atoms with E-state index in [0.717, 1.165) is 28.3 Å². The lowest BCUT2D eigenvalue weighted by molar-refractivity contribution is 0.282. The molecule has 0 aliphatic carbocycles. The standard InChI is InChI=1S/C17H21NO3/c1-3-21-17-9-8-15(20-2)10-16(17)18-11-13-4-6-14(12-19)7-5-13/h4-10,18-19H,3,11-12H2,1-2H3. The molecule has 0 unspecified atom stereocenters. The highest BCUT2D eigenvalue weighted by molar-refractivity contribution is 5.60. The molecule has 112 valence electrons. The Labute approximate surface area is 125 Å². The van der Waals surface area contributed by atoms with Gasteiger partial charge in [0.05, 0.1) is 26.0 Å². The second kappa shape index (κ2) is 7.55. The van der Waals surface area contributed by atoms with E-state index in [9.17, 15) is 0 Å². The summed E-state index contributed by atoms with van der Waals surface area (Å²) < 4.78 is 10.9. The van der Waals surface area contributed by atoms with Gasteiger partial charge in [0.1, 0.15) is 11.5 Å². The van der Waals surface area contributed by atoms with Gasteiger partial charge in [0.15, 0.2) is 0 Å². The third kappa shape index (κ3) is 4.13. The SMILES string of the molecule is CCOc1ccc(OC)cc1NCc1ccc(CO)cc1. The molecule has 2 aromatic carbocycles. The summed E-state index contributed by atoms with van der Waals surface area (Å²) in [5.74, 6) is 1.60. The van der Waals surface area contributed by atoms with Crippen molar-refractivity contribution in [1.29, 1.82) is 0 Å². The molecule has 2 rings (SSSR count). The second-order valence-corrected chi connectivity index (χ2v) is 4.62. The molecule has 0 aromatic heterocycles. The van der Waals surface area contributed by atoms with Crippen molar-refractivity contribution < 1.29 is 14.6 Å². The molecular formula is C17H21NO3. The molecule has 2 N–H and O–H groups in total. The molecule has 0 atom stereocenters. The first-order valence-corrected chi connectivity index (χ1v) is 7.00. The summed E-state index contributed by atoms with van der Waals surface area (Å²) in [6.07, 6.45) is 0. The van der Waals surface area contributed by atoms with Crippen molar-refractivity contribution in [3.8, 4) is 11.5 Å². The topological polar surface area (TPSA) is 50.7 Å². The second-order valence-electron chi connectivity index (χ2n) is 4.62. The number of methoxy groups -OCH3 is 1. The summed E-state index contributed by atoms with van der Waals surface area (Å²) in [5.41, 5.74) is 2.95. The maximum absolute atomic E-state index is 9.04. The third-order valence-corrected chi connectivity index (χ3v) is 3.18. The van der Waals surface area contributed by atoms with Crippen molar-refractivity contribution in [2.24, 2.45) is 0 Å². The van der Waals surface area contributed by atoms with Crippen molar-refractivity contribution in [3.05, 3.63) is 53.6 Å². The Morgan fingerprint density at radius 1 is 1.05 bits per heavy atom. The largest absolute Gasteiger partial charge is 0.497 e. The van der Waals surface area contributed by atoms with Gasteiger partial charge in [0.2, 0.25) is 0 Å². The number of aliphatic hydroxyl groups is 1. The van der Waals surface area contributed by atoms with Gasteiger partial charge in [-0.15, -0.1) is 0 Å². The summed E-state index contributed by atoms with van der Waals surface area (Å²) in [5, 5.41) is 12.4. The monoisotopic (exact) mass is 287 g/mol. The van der Waals surface area contributed by atoms with Crippen LogP contribution in [0.1, 0.15) is 18.1 Å². The Balaban J connectivity index is 2.09. The molecule has 21 heavy (non-hydrogen) atoms. The van der Waals surface area contributed by atoms with Crippen LogP contribution in [-0.4, -0.2) is 18.8 Å². The molecule has 0 aliphatic heterocycles. The van der Waals surface area contributed by atoms with Crippen molar-refractivity contribution in [2.75, 3.05) is 19.0 Å². The van der Waals surface area contributed by atoms with Crippen LogP contribution >= 0.6 is 0 Å². The molecule has 0 bridgehead atoms. The minimum Gasteiger partial charge on any atom is -0.497 e. The van der Waals surface area contributed by atoms with Gasteiger partial charge in [-0.25, -0.2) is 0 Å². The Kier molecular flexibility index (Phi) is 5.46. The first-order valence-electron chi connectivity index (χ1n) is 7.00. The van der Waals surface area contributed by atoms with Crippen LogP contribution in [0, 0.1) is 0 Å². The number of hydrogen-bond donors (Lipinski definition) is 2. The molecule has 0 fully saturated rings. The minimum atomic E-state index is 0.0675. The number of anilines is 1. The predicted molar refractivity (Wildman–Crippen MR) is 83.9 cm³/mol. The smallest absolute Gasteiger partial charge is 0.142 e. The van der Waals surface area contributed by atoms with E-state index in [1.54, 1.807) is 7.11 Å². The highest BCUT2D eigenvalue weighted by Gasteiger charge is 2.05. The third-order valence-electron chi connectivity index (χ3n) is 3.18. The van der Waals surface area contributed by atoms with Crippen LogP contribution < -0.4 is 14.8 Å². The first kappa shape index (κ1) is 15.2. The molecule has 0 amide bonds. The molecule has 4 nitrogen and oxygen atoms in total. The zero-order chi connectivity index (χ0) is 15.1. The molecule has 0 heterocycles. The fourth-order valence-electron chi connectivity index (χ4n) is 2.02. The number of benzene rings is 2. The van der Waals surface area contributed by atoms with Crippen molar-refractivity contribution in [2.45, 2.75) is 20.1 Å². The van der Waals surface area contributed by atoms with E-state index in [2.05, 4.69) is 5.32 Å². The Hall–Kier alpha value is -2.20. The summed E-state index contributed by atoms with van der Waals surface area (Å²) in [6.45, 7) is 3.32. The molecular weight excluding hydrogens is 266 g/mol. The normalized spacial score (nSPS) is 10.2. The summed E-state index contributed by atoms with van der Waals surface area (Å²) in [4.78, 5) is 0. The van der Waals surface area contributed by atoms with Gasteiger partial charge in [-0.1, -0.05) is 24.3 Å². The van der Waals surface area contributed by atoms with Crippen LogP contribution in [0.5, 0.6) is 11.5 Å². The number of nitrogens with one attached hydrogen (secondary N) is 1. The van der Waals surface area contributed by atoms with E-state index in [4.69, 9.17) is 14.6 Å². The van der Waals surface area contributed by atoms with Gasteiger partial charge in [-0.05, 0) is 30.2 Å². The van der Waals surface area contributed by atoms with Gasteiger partial charge >= 0.3 is 0 Å². The highest BCUT2D eigenvalue weighted by Crippen LogP contribution is 2.29. The number of ether oxygens (including phenoxy) is 2. The lowest BCUT2D eigenvalue weighted by Gasteiger charge is -2.14. The minimum absolute atomic E-state index is 0.0675. The molecule has 4 heteroatoms. The summed E-state index contributed by atoms with van der Waals surface area (Å²) in [7, 11) is 1.65. The van der Waals surface area contributed by atoms with E-state index in [-0.39, 0.29) is 6.61 Å². The summed E-state index contributed by atoms with van der Waals surface area (Å²) in [6, 6.07) is 13.6. The number of aliphatic hydroxyl groups excluding tert-OH is 1. The average Bonchev–Trinajstić information content (AvgIpc) is 2.54. The first-order chi connectivity index (χ1) is 10.3. The number of rotatable bonds is 7. The van der Waals surface area contributed by atoms with E-state index in [0.29, 0.717) is 13.2 Å². The Morgan fingerprint density at radius 2 is 1.76 bits per heavy atom. The zero-order valence-corrected chi connectivity index (χ0v) is 12.4. The van der Waals surface area contributed by atoms with Crippen LogP contribution in [0.3, 0.4) is 0 Å². The van der Waals surface area contributed by atoms with Crippen LogP contribution in [0.25, 0.3) is 0 Å². The van der Waals surface area contributed by atoms with Gasteiger partial charge in [-0.3, -0.25) is 0 Å². The fourth-order valence-corrected chi connectivity index (χ4v) is 2.02. The highest BCUT2D eigenvalue weighted by atomic mass is 16.5. The molecule has 0 saturated carbocycles. The van der Waals surface area contributed by atoms with E-state index in [1.165, 1.54) is 0 Å². The lowest BCUT2D eigenvalue weighted by atomic mass is 10.1. The van der Waals surface area contributed by atoms with Gasteiger partial charge in [0, 0.05) is 12.6 Å². The van der Waals surface area contributed by atoms with Crippen molar-refractivity contribution in [1.82, 2.24) is 0 Å².